The molecule has 0 fully saturated rings. The van der Waals surface area contributed by atoms with E-state index in [9.17, 15) is 8.78 Å². The Balaban J connectivity index is 3.05. The van der Waals surface area contributed by atoms with Gasteiger partial charge in [0.1, 0.15) is 11.4 Å². The molecule has 0 aromatic carbocycles. The molecule has 0 spiro atoms. The van der Waals surface area contributed by atoms with Gasteiger partial charge in [0.05, 0.1) is 7.11 Å². The smallest absolute Gasteiger partial charge is 0.280 e. The molecule has 0 saturated carbocycles. The molecule has 1 heterocycles. The Morgan fingerprint density at radius 1 is 1.62 bits per heavy atom. The van der Waals surface area contributed by atoms with Crippen molar-refractivity contribution in [3.63, 3.8) is 0 Å². The van der Waals surface area contributed by atoms with Crippen LogP contribution in [-0.2, 0) is 6.54 Å². The number of hydrogen-bond donors (Lipinski definition) is 1. The largest absolute Gasteiger partial charge is 0.496 e. The molecule has 1 rings (SSSR count). The van der Waals surface area contributed by atoms with E-state index in [-0.39, 0.29) is 12.2 Å². The van der Waals surface area contributed by atoms with Crippen molar-refractivity contribution in [3.05, 3.63) is 23.5 Å². The highest BCUT2D eigenvalue weighted by Gasteiger charge is 2.11. The SMILES string of the molecule is COc1cc(C(F)F)ncc1CN. The summed E-state index contributed by atoms with van der Waals surface area (Å²) in [6.07, 6.45) is -1.28. The van der Waals surface area contributed by atoms with E-state index in [1.807, 2.05) is 0 Å². The van der Waals surface area contributed by atoms with Gasteiger partial charge < -0.3 is 10.5 Å². The monoisotopic (exact) mass is 188 g/mol. The third-order valence-electron chi connectivity index (χ3n) is 1.63. The first kappa shape index (κ1) is 9.85. The Bertz CT molecular complexity index is 291. The number of halogens is 2. The number of nitrogens with two attached hydrogens (primary N) is 1. The maximum absolute atomic E-state index is 12.2. The first-order valence-electron chi connectivity index (χ1n) is 3.70. The summed E-state index contributed by atoms with van der Waals surface area (Å²) in [6.45, 7) is 0.222. The lowest BCUT2D eigenvalue weighted by Gasteiger charge is -2.07. The van der Waals surface area contributed by atoms with Crippen molar-refractivity contribution in [2.45, 2.75) is 13.0 Å². The fourth-order valence-electron chi connectivity index (χ4n) is 0.943. The average Bonchev–Trinajstić information content (AvgIpc) is 2.16. The Kier molecular flexibility index (Phi) is 3.13. The Labute approximate surface area is 74.5 Å². The maximum atomic E-state index is 12.2. The molecule has 1 aromatic rings. The standard InChI is InChI=1S/C8H10F2N2O/c1-13-7-2-6(8(9)10)12-4-5(7)3-11/h2,4,8H,3,11H2,1H3. The van der Waals surface area contributed by atoms with Gasteiger partial charge in [-0.3, -0.25) is 4.98 Å². The van der Waals surface area contributed by atoms with Crippen molar-refractivity contribution in [3.8, 4) is 5.75 Å². The van der Waals surface area contributed by atoms with E-state index in [1.54, 1.807) is 0 Å². The molecule has 0 aliphatic carbocycles. The molecule has 0 unspecified atom stereocenters. The van der Waals surface area contributed by atoms with Crippen LogP contribution in [0.2, 0.25) is 0 Å². The molecule has 0 atom stereocenters. The number of ether oxygens (including phenoxy) is 1. The zero-order chi connectivity index (χ0) is 9.84. The molecule has 0 aliphatic heterocycles. The average molecular weight is 188 g/mol. The molecule has 0 amide bonds. The van der Waals surface area contributed by atoms with Gasteiger partial charge in [-0.15, -0.1) is 0 Å². The second-order valence-corrected chi connectivity index (χ2v) is 2.43. The molecular formula is C8H10F2N2O. The van der Waals surface area contributed by atoms with Crippen molar-refractivity contribution >= 4 is 0 Å². The zero-order valence-electron chi connectivity index (χ0n) is 7.13. The van der Waals surface area contributed by atoms with Gasteiger partial charge in [0.2, 0.25) is 0 Å². The Hall–Kier alpha value is -1.23. The van der Waals surface area contributed by atoms with Crippen LogP contribution in [0.3, 0.4) is 0 Å². The molecule has 72 valence electrons. The van der Waals surface area contributed by atoms with Gasteiger partial charge in [0.15, 0.2) is 0 Å². The summed E-state index contributed by atoms with van der Waals surface area (Å²) in [5.41, 5.74) is 5.67. The molecule has 0 aliphatic rings. The summed E-state index contributed by atoms with van der Waals surface area (Å²) in [7, 11) is 1.41. The van der Waals surface area contributed by atoms with Gasteiger partial charge in [0, 0.05) is 24.4 Å². The highest BCUT2D eigenvalue weighted by Crippen LogP contribution is 2.23. The maximum Gasteiger partial charge on any atom is 0.280 e. The van der Waals surface area contributed by atoms with Crippen LogP contribution >= 0.6 is 0 Å². The Morgan fingerprint density at radius 2 is 2.31 bits per heavy atom. The topological polar surface area (TPSA) is 48.1 Å². The van der Waals surface area contributed by atoms with Crippen LogP contribution in [-0.4, -0.2) is 12.1 Å². The minimum Gasteiger partial charge on any atom is -0.496 e. The number of nitrogens with zero attached hydrogens (tertiary/aromatic N) is 1. The zero-order valence-corrected chi connectivity index (χ0v) is 7.13. The summed E-state index contributed by atoms with van der Waals surface area (Å²) >= 11 is 0. The summed E-state index contributed by atoms with van der Waals surface area (Å²) in [5, 5.41) is 0. The molecule has 0 saturated heterocycles. The lowest BCUT2D eigenvalue weighted by molar-refractivity contribution is 0.145. The highest BCUT2D eigenvalue weighted by atomic mass is 19.3. The van der Waals surface area contributed by atoms with Crippen molar-refractivity contribution in [1.29, 1.82) is 0 Å². The van der Waals surface area contributed by atoms with Crippen LogP contribution in [0.25, 0.3) is 0 Å². The normalized spacial score (nSPS) is 10.5. The van der Waals surface area contributed by atoms with Gasteiger partial charge >= 0.3 is 0 Å². The summed E-state index contributed by atoms with van der Waals surface area (Å²) in [4.78, 5) is 3.55. The quantitative estimate of drug-likeness (QED) is 0.781. The van der Waals surface area contributed by atoms with Crippen molar-refractivity contribution < 1.29 is 13.5 Å². The highest BCUT2D eigenvalue weighted by molar-refractivity contribution is 5.33. The molecule has 0 radical (unpaired) electrons. The summed E-state index contributed by atoms with van der Waals surface area (Å²) < 4.78 is 29.2. The molecule has 2 N–H and O–H groups in total. The summed E-state index contributed by atoms with van der Waals surface area (Å²) in [6, 6.07) is 1.20. The Morgan fingerprint density at radius 3 is 2.77 bits per heavy atom. The molecule has 5 heteroatoms. The third-order valence-corrected chi connectivity index (χ3v) is 1.63. The fraction of sp³-hybridized carbons (Fsp3) is 0.375. The van der Waals surface area contributed by atoms with Crippen molar-refractivity contribution in [1.82, 2.24) is 4.98 Å². The molecule has 1 aromatic heterocycles. The fourth-order valence-corrected chi connectivity index (χ4v) is 0.943. The number of hydrogen-bond acceptors (Lipinski definition) is 3. The number of alkyl halides is 2. The second-order valence-electron chi connectivity index (χ2n) is 2.43. The number of aromatic nitrogens is 1. The third kappa shape index (κ3) is 2.12. The summed E-state index contributed by atoms with van der Waals surface area (Å²) in [5.74, 6) is 0.354. The van der Waals surface area contributed by atoms with E-state index in [0.717, 1.165) is 0 Å². The van der Waals surface area contributed by atoms with Crippen LogP contribution in [0.15, 0.2) is 12.3 Å². The van der Waals surface area contributed by atoms with Crippen LogP contribution in [0.4, 0.5) is 8.78 Å². The van der Waals surface area contributed by atoms with Gasteiger partial charge in [-0.05, 0) is 0 Å². The van der Waals surface area contributed by atoms with Crippen LogP contribution in [0, 0.1) is 0 Å². The molecule has 13 heavy (non-hydrogen) atoms. The van der Waals surface area contributed by atoms with Gasteiger partial charge in [-0.1, -0.05) is 0 Å². The number of methoxy groups -OCH3 is 1. The lowest BCUT2D eigenvalue weighted by Crippen LogP contribution is -2.02. The van der Waals surface area contributed by atoms with E-state index in [0.29, 0.717) is 11.3 Å². The molecule has 0 bridgehead atoms. The minimum absolute atomic E-state index is 0.222. The first-order chi connectivity index (χ1) is 6.19. The molecule has 3 nitrogen and oxygen atoms in total. The second kappa shape index (κ2) is 4.13. The predicted octanol–water partition coefficient (Wildman–Crippen LogP) is 1.49. The van der Waals surface area contributed by atoms with E-state index < -0.39 is 6.43 Å². The van der Waals surface area contributed by atoms with Crippen molar-refractivity contribution in [2.75, 3.05) is 7.11 Å². The first-order valence-corrected chi connectivity index (χ1v) is 3.70. The minimum atomic E-state index is -2.58. The van der Waals surface area contributed by atoms with Gasteiger partial charge in [-0.25, -0.2) is 8.78 Å². The van der Waals surface area contributed by atoms with Gasteiger partial charge in [0.25, 0.3) is 6.43 Å². The van der Waals surface area contributed by atoms with Crippen LogP contribution < -0.4 is 10.5 Å². The lowest BCUT2D eigenvalue weighted by atomic mass is 10.2. The molecular weight excluding hydrogens is 178 g/mol. The van der Waals surface area contributed by atoms with Gasteiger partial charge in [-0.2, -0.15) is 0 Å². The van der Waals surface area contributed by atoms with Crippen LogP contribution in [0.1, 0.15) is 17.7 Å². The van der Waals surface area contributed by atoms with E-state index in [2.05, 4.69) is 4.98 Å². The van der Waals surface area contributed by atoms with Crippen molar-refractivity contribution in [2.24, 2.45) is 5.73 Å². The van der Waals surface area contributed by atoms with E-state index in [4.69, 9.17) is 10.5 Å². The van der Waals surface area contributed by atoms with E-state index in [1.165, 1.54) is 19.4 Å². The number of rotatable bonds is 3. The predicted molar refractivity (Wildman–Crippen MR) is 43.6 cm³/mol. The van der Waals surface area contributed by atoms with E-state index >= 15 is 0 Å². The number of pyridine rings is 1. The van der Waals surface area contributed by atoms with Crippen LogP contribution in [0.5, 0.6) is 5.75 Å².